The maximum atomic E-state index is 4.84. The molecule has 4 nitrogen and oxygen atoms in total. The summed E-state index contributed by atoms with van der Waals surface area (Å²) in [7, 11) is 0. The summed E-state index contributed by atoms with van der Waals surface area (Å²) < 4.78 is 0. The fraction of sp³-hybridized carbons (Fsp3) is 0.700. The van der Waals surface area contributed by atoms with Crippen LogP contribution in [0.5, 0.6) is 0 Å². The van der Waals surface area contributed by atoms with E-state index < -0.39 is 0 Å². The average molecular weight is 329 g/mol. The molecule has 1 saturated heterocycles. The van der Waals surface area contributed by atoms with Gasteiger partial charge in [-0.15, -0.1) is 0 Å². The maximum Gasteiger partial charge on any atom is 0.129 e. The number of hydrogen-bond donors (Lipinski definition) is 1. The van der Waals surface area contributed by atoms with E-state index in [0.29, 0.717) is 0 Å². The first-order chi connectivity index (χ1) is 11.8. The van der Waals surface area contributed by atoms with Crippen molar-refractivity contribution < 1.29 is 0 Å². The number of nitrogens with one attached hydrogen (secondary N) is 1. The largest absolute Gasteiger partial charge is 0.356 e. The van der Waals surface area contributed by atoms with Gasteiger partial charge in [0.2, 0.25) is 0 Å². The molecule has 1 fully saturated rings. The first kappa shape index (κ1) is 17.4. The lowest BCUT2D eigenvalue weighted by Gasteiger charge is -2.13. The number of fused-ring (bicyclic) bond motifs is 1. The van der Waals surface area contributed by atoms with E-state index in [4.69, 9.17) is 4.98 Å². The lowest BCUT2D eigenvalue weighted by Crippen LogP contribution is -2.20. The van der Waals surface area contributed by atoms with Crippen LogP contribution >= 0.6 is 0 Å². The third kappa shape index (κ3) is 4.35. The molecule has 0 spiro atoms. The minimum absolute atomic E-state index is 0.992. The van der Waals surface area contributed by atoms with Crippen molar-refractivity contribution >= 4 is 11.0 Å². The fourth-order valence-electron chi connectivity index (χ4n) is 3.78. The normalized spacial score (nSPS) is 15.6. The van der Waals surface area contributed by atoms with Gasteiger partial charge < -0.3 is 9.88 Å². The van der Waals surface area contributed by atoms with Gasteiger partial charge in [0.05, 0.1) is 17.2 Å². The van der Waals surface area contributed by atoms with E-state index in [1.165, 1.54) is 75.8 Å². The van der Waals surface area contributed by atoms with Gasteiger partial charge in [-0.1, -0.05) is 19.8 Å². The van der Waals surface area contributed by atoms with Crippen LogP contribution in [0.1, 0.15) is 69.0 Å². The van der Waals surface area contributed by atoms with Crippen molar-refractivity contribution in [3.8, 4) is 0 Å². The lowest BCUT2D eigenvalue weighted by molar-refractivity contribution is 0.328. The first-order valence-electron chi connectivity index (χ1n) is 9.83. The molecule has 0 aromatic carbocycles. The Morgan fingerprint density at radius 1 is 1.08 bits per heavy atom. The van der Waals surface area contributed by atoms with Crippen molar-refractivity contribution in [2.45, 2.75) is 71.6 Å². The molecule has 24 heavy (non-hydrogen) atoms. The van der Waals surface area contributed by atoms with Crippen LogP contribution in [-0.2, 0) is 12.8 Å². The van der Waals surface area contributed by atoms with Gasteiger partial charge in [-0.3, -0.25) is 0 Å². The molecular weight excluding hydrogens is 296 g/mol. The van der Waals surface area contributed by atoms with Crippen molar-refractivity contribution in [2.24, 2.45) is 0 Å². The minimum atomic E-state index is 0.992. The molecule has 0 aliphatic carbocycles. The quantitative estimate of drug-likeness (QED) is 0.693. The molecule has 0 saturated carbocycles. The SMILES string of the molecule is CCCCc1ncc2[nH]c(C)c(CCCCCN3CCCC3)c2n1. The van der Waals surface area contributed by atoms with Gasteiger partial charge in [-0.05, 0) is 70.6 Å². The highest BCUT2D eigenvalue weighted by molar-refractivity contribution is 5.79. The topological polar surface area (TPSA) is 44.8 Å². The molecule has 4 heteroatoms. The summed E-state index contributed by atoms with van der Waals surface area (Å²) >= 11 is 0. The van der Waals surface area contributed by atoms with Crippen molar-refractivity contribution in [2.75, 3.05) is 19.6 Å². The number of H-pyrrole nitrogens is 1. The predicted molar refractivity (Wildman–Crippen MR) is 100 cm³/mol. The molecule has 2 aromatic heterocycles. The smallest absolute Gasteiger partial charge is 0.129 e. The first-order valence-corrected chi connectivity index (χ1v) is 9.83. The zero-order chi connectivity index (χ0) is 16.8. The van der Waals surface area contributed by atoms with Crippen molar-refractivity contribution in [3.63, 3.8) is 0 Å². The summed E-state index contributed by atoms with van der Waals surface area (Å²) in [5, 5.41) is 0. The Hall–Kier alpha value is -1.42. The Morgan fingerprint density at radius 2 is 1.92 bits per heavy atom. The van der Waals surface area contributed by atoms with Crippen LogP contribution in [-0.4, -0.2) is 39.5 Å². The Morgan fingerprint density at radius 3 is 2.71 bits per heavy atom. The third-order valence-corrected chi connectivity index (χ3v) is 5.25. The summed E-state index contributed by atoms with van der Waals surface area (Å²) in [5.41, 5.74) is 4.94. The number of aromatic amines is 1. The van der Waals surface area contributed by atoms with E-state index in [-0.39, 0.29) is 0 Å². The molecule has 3 rings (SSSR count). The Labute approximate surface area is 146 Å². The van der Waals surface area contributed by atoms with Crippen LogP contribution in [0.3, 0.4) is 0 Å². The van der Waals surface area contributed by atoms with Gasteiger partial charge in [-0.2, -0.15) is 0 Å². The summed E-state index contributed by atoms with van der Waals surface area (Å²) in [6.45, 7) is 8.31. The Balaban J connectivity index is 1.55. The predicted octanol–water partition coefficient (Wildman–Crippen LogP) is 4.42. The van der Waals surface area contributed by atoms with Crippen LogP contribution < -0.4 is 0 Å². The number of rotatable bonds is 9. The number of aromatic nitrogens is 3. The van der Waals surface area contributed by atoms with E-state index in [0.717, 1.165) is 29.7 Å². The monoisotopic (exact) mass is 328 g/mol. The molecule has 3 heterocycles. The van der Waals surface area contributed by atoms with E-state index in [9.17, 15) is 0 Å². The fourth-order valence-corrected chi connectivity index (χ4v) is 3.78. The molecular formula is C20H32N4. The zero-order valence-electron chi connectivity index (χ0n) is 15.4. The van der Waals surface area contributed by atoms with E-state index in [1.54, 1.807) is 0 Å². The van der Waals surface area contributed by atoms with Gasteiger partial charge in [0.1, 0.15) is 5.82 Å². The van der Waals surface area contributed by atoms with Crippen molar-refractivity contribution in [3.05, 3.63) is 23.3 Å². The van der Waals surface area contributed by atoms with E-state index >= 15 is 0 Å². The lowest BCUT2D eigenvalue weighted by atomic mass is 10.1. The highest BCUT2D eigenvalue weighted by atomic mass is 15.1. The number of aryl methyl sites for hydroxylation is 3. The molecule has 0 bridgehead atoms. The number of unbranched alkanes of at least 4 members (excludes halogenated alkanes) is 3. The zero-order valence-corrected chi connectivity index (χ0v) is 15.4. The molecule has 2 aromatic rings. The highest BCUT2D eigenvalue weighted by Gasteiger charge is 2.12. The van der Waals surface area contributed by atoms with Crippen LogP contribution in [0.4, 0.5) is 0 Å². The second-order valence-corrected chi connectivity index (χ2v) is 7.24. The van der Waals surface area contributed by atoms with Crippen LogP contribution in [0, 0.1) is 6.92 Å². The molecule has 1 aliphatic heterocycles. The van der Waals surface area contributed by atoms with Crippen LogP contribution in [0.2, 0.25) is 0 Å². The standard InChI is InChI=1S/C20H32N4/c1-3-4-11-19-21-15-18-20(23-19)17(16(2)22-18)10-6-5-7-12-24-13-8-9-14-24/h15,22H,3-14H2,1-2H3. The van der Waals surface area contributed by atoms with Crippen LogP contribution in [0.15, 0.2) is 6.20 Å². The molecule has 0 amide bonds. The second-order valence-electron chi connectivity index (χ2n) is 7.24. The van der Waals surface area contributed by atoms with Gasteiger partial charge in [0.15, 0.2) is 0 Å². The van der Waals surface area contributed by atoms with Crippen molar-refractivity contribution in [1.29, 1.82) is 0 Å². The summed E-state index contributed by atoms with van der Waals surface area (Å²) in [5.74, 6) is 0.999. The average Bonchev–Trinajstić information content (AvgIpc) is 3.20. The Kier molecular flexibility index (Phi) is 6.24. The summed E-state index contributed by atoms with van der Waals surface area (Å²) in [6, 6.07) is 0. The molecule has 0 radical (unpaired) electrons. The third-order valence-electron chi connectivity index (χ3n) is 5.25. The highest BCUT2D eigenvalue weighted by Crippen LogP contribution is 2.22. The van der Waals surface area contributed by atoms with Gasteiger partial charge in [-0.25, -0.2) is 9.97 Å². The molecule has 132 valence electrons. The minimum Gasteiger partial charge on any atom is -0.356 e. The van der Waals surface area contributed by atoms with Crippen LogP contribution in [0.25, 0.3) is 11.0 Å². The van der Waals surface area contributed by atoms with Gasteiger partial charge in [0, 0.05) is 12.1 Å². The van der Waals surface area contributed by atoms with Gasteiger partial charge >= 0.3 is 0 Å². The second kappa shape index (κ2) is 8.61. The number of hydrogen-bond acceptors (Lipinski definition) is 3. The maximum absolute atomic E-state index is 4.84. The number of nitrogens with zero attached hydrogens (tertiary/aromatic N) is 3. The van der Waals surface area contributed by atoms with E-state index in [1.807, 2.05) is 6.20 Å². The Bertz CT molecular complexity index is 640. The van der Waals surface area contributed by atoms with Crippen molar-refractivity contribution in [1.82, 2.24) is 19.9 Å². The summed E-state index contributed by atoms with van der Waals surface area (Å²) in [4.78, 5) is 15.4. The summed E-state index contributed by atoms with van der Waals surface area (Å²) in [6.07, 6.45) is 13.2. The molecule has 1 N–H and O–H groups in total. The van der Waals surface area contributed by atoms with E-state index in [2.05, 4.69) is 28.7 Å². The van der Waals surface area contributed by atoms with Gasteiger partial charge in [0.25, 0.3) is 0 Å². The molecule has 0 atom stereocenters. The molecule has 0 unspecified atom stereocenters. The number of likely N-dealkylation sites (tertiary alicyclic amines) is 1. The molecule has 1 aliphatic rings.